The molecule has 1 heterocycles. The summed E-state index contributed by atoms with van der Waals surface area (Å²) >= 11 is 0. The van der Waals surface area contributed by atoms with Crippen LogP contribution in [-0.4, -0.2) is 47.6 Å². The Kier molecular flexibility index (Phi) is 5.79. The van der Waals surface area contributed by atoms with E-state index in [0.29, 0.717) is 13.0 Å². The fraction of sp³-hybridized carbons (Fsp3) is 0.857. The van der Waals surface area contributed by atoms with Crippen LogP contribution in [0.15, 0.2) is 0 Å². The summed E-state index contributed by atoms with van der Waals surface area (Å²) in [6.45, 7) is 6.64. The highest BCUT2D eigenvalue weighted by molar-refractivity contribution is 5.82. The van der Waals surface area contributed by atoms with Gasteiger partial charge in [0.05, 0.1) is 12.6 Å². The van der Waals surface area contributed by atoms with Crippen molar-refractivity contribution < 1.29 is 14.7 Å². The molecular formula is C14H26N2O3. The van der Waals surface area contributed by atoms with Crippen LogP contribution in [0.3, 0.4) is 0 Å². The first kappa shape index (κ1) is 16.0. The van der Waals surface area contributed by atoms with Gasteiger partial charge in [-0.1, -0.05) is 20.8 Å². The quantitative estimate of drug-likeness (QED) is 0.798. The van der Waals surface area contributed by atoms with E-state index in [1.165, 1.54) is 0 Å². The first-order valence-electron chi connectivity index (χ1n) is 7.05. The number of nitrogens with zero attached hydrogens (tertiary/aromatic N) is 1. The Labute approximate surface area is 115 Å². The molecule has 1 unspecified atom stereocenters. The third kappa shape index (κ3) is 4.82. The highest BCUT2D eigenvalue weighted by Crippen LogP contribution is 2.17. The molecule has 5 heteroatoms. The van der Waals surface area contributed by atoms with Gasteiger partial charge in [-0.3, -0.25) is 9.59 Å². The average Bonchev–Trinajstić information content (AvgIpc) is 2.37. The number of amides is 2. The highest BCUT2D eigenvalue weighted by atomic mass is 16.3. The van der Waals surface area contributed by atoms with Crippen molar-refractivity contribution in [1.29, 1.82) is 0 Å². The van der Waals surface area contributed by atoms with Crippen LogP contribution in [0.1, 0.15) is 46.5 Å². The first-order chi connectivity index (χ1) is 8.86. The maximum atomic E-state index is 12.1. The molecule has 0 aromatic rings. The molecule has 0 saturated carbocycles. The number of hydrogen-bond donors (Lipinski definition) is 2. The van der Waals surface area contributed by atoms with Crippen LogP contribution in [0.4, 0.5) is 0 Å². The second-order valence-corrected chi connectivity index (χ2v) is 6.18. The maximum Gasteiger partial charge on any atom is 0.225 e. The third-order valence-electron chi connectivity index (χ3n) is 3.46. The van der Waals surface area contributed by atoms with Crippen LogP contribution < -0.4 is 5.32 Å². The minimum Gasteiger partial charge on any atom is -0.394 e. The lowest BCUT2D eigenvalue weighted by molar-refractivity contribution is -0.136. The second-order valence-electron chi connectivity index (χ2n) is 6.18. The van der Waals surface area contributed by atoms with E-state index in [-0.39, 0.29) is 24.5 Å². The number of nitrogens with one attached hydrogen (secondary N) is 1. The zero-order chi connectivity index (χ0) is 14.5. The predicted molar refractivity (Wildman–Crippen MR) is 73.5 cm³/mol. The first-order valence-corrected chi connectivity index (χ1v) is 7.05. The van der Waals surface area contributed by atoms with Gasteiger partial charge in [-0.15, -0.1) is 0 Å². The lowest BCUT2D eigenvalue weighted by Gasteiger charge is -2.34. The molecule has 0 bridgehead atoms. The molecule has 1 saturated heterocycles. The Bertz CT molecular complexity index is 323. The van der Waals surface area contributed by atoms with E-state index in [4.69, 9.17) is 0 Å². The van der Waals surface area contributed by atoms with Gasteiger partial charge in [0.1, 0.15) is 0 Å². The zero-order valence-corrected chi connectivity index (χ0v) is 12.2. The van der Waals surface area contributed by atoms with Crippen molar-refractivity contribution >= 4 is 11.8 Å². The summed E-state index contributed by atoms with van der Waals surface area (Å²) in [4.78, 5) is 25.5. The fourth-order valence-electron chi connectivity index (χ4n) is 2.21. The van der Waals surface area contributed by atoms with Crippen LogP contribution in [0.5, 0.6) is 0 Å². The summed E-state index contributed by atoms with van der Waals surface area (Å²) in [6.07, 6.45) is 3.24. The SMILES string of the molecule is CC(C)(C)C(=O)NCCC(=O)N1CCCCC1CO. The molecule has 0 aromatic heterocycles. The van der Waals surface area contributed by atoms with Crippen molar-refractivity contribution in [2.75, 3.05) is 19.7 Å². The largest absolute Gasteiger partial charge is 0.394 e. The minimum atomic E-state index is -0.429. The van der Waals surface area contributed by atoms with Gasteiger partial charge in [0.2, 0.25) is 11.8 Å². The van der Waals surface area contributed by atoms with E-state index in [2.05, 4.69) is 5.32 Å². The van der Waals surface area contributed by atoms with Gasteiger partial charge in [0.25, 0.3) is 0 Å². The molecule has 110 valence electrons. The van der Waals surface area contributed by atoms with Gasteiger partial charge < -0.3 is 15.3 Å². The molecule has 0 aromatic carbocycles. The maximum absolute atomic E-state index is 12.1. The van der Waals surface area contributed by atoms with Crippen molar-refractivity contribution in [2.24, 2.45) is 5.41 Å². The summed E-state index contributed by atoms with van der Waals surface area (Å²) in [5, 5.41) is 12.0. The molecule has 0 spiro atoms. The highest BCUT2D eigenvalue weighted by Gasteiger charge is 2.26. The topological polar surface area (TPSA) is 69.6 Å². The number of aliphatic hydroxyl groups is 1. The monoisotopic (exact) mass is 270 g/mol. The number of carbonyl (C=O) groups is 2. The summed E-state index contributed by atoms with van der Waals surface area (Å²) in [5.41, 5.74) is -0.429. The Hall–Kier alpha value is -1.10. The zero-order valence-electron chi connectivity index (χ0n) is 12.2. The van der Waals surface area contributed by atoms with E-state index in [1.54, 1.807) is 4.90 Å². The van der Waals surface area contributed by atoms with Crippen molar-refractivity contribution in [1.82, 2.24) is 10.2 Å². The molecule has 1 atom stereocenters. The van der Waals surface area contributed by atoms with Gasteiger partial charge in [0, 0.05) is 24.9 Å². The van der Waals surface area contributed by atoms with Crippen LogP contribution in [-0.2, 0) is 9.59 Å². The molecule has 2 amide bonds. The van der Waals surface area contributed by atoms with Crippen LogP contribution in [0, 0.1) is 5.41 Å². The Balaban J connectivity index is 2.36. The molecule has 1 rings (SSSR count). The molecule has 1 fully saturated rings. The lowest BCUT2D eigenvalue weighted by atomic mass is 9.96. The van der Waals surface area contributed by atoms with Gasteiger partial charge in [-0.25, -0.2) is 0 Å². The Morgan fingerprint density at radius 3 is 2.58 bits per heavy atom. The average molecular weight is 270 g/mol. The van der Waals surface area contributed by atoms with E-state index in [9.17, 15) is 14.7 Å². The fourth-order valence-corrected chi connectivity index (χ4v) is 2.21. The third-order valence-corrected chi connectivity index (χ3v) is 3.46. The normalized spacial score (nSPS) is 20.2. The Morgan fingerprint density at radius 1 is 1.32 bits per heavy atom. The van der Waals surface area contributed by atoms with E-state index < -0.39 is 5.41 Å². The van der Waals surface area contributed by atoms with Gasteiger partial charge >= 0.3 is 0 Å². The number of aliphatic hydroxyl groups excluding tert-OH is 1. The molecule has 5 nitrogen and oxygen atoms in total. The molecule has 0 radical (unpaired) electrons. The van der Waals surface area contributed by atoms with E-state index in [1.807, 2.05) is 20.8 Å². The Morgan fingerprint density at radius 2 is 2.00 bits per heavy atom. The number of carbonyl (C=O) groups excluding carboxylic acids is 2. The van der Waals surface area contributed by atoms with Gasteiger partial charge in [0.15, 0.2) is 0 Å². The second kappa shape index (κ2) is 6.89. The molecular weight excluding hydrogens is 244 g/mol. The van der Waals surface area contributed by atoms with Gasteiger partial charge in [-0.05, 0) is 19.3 Å². The molecule has 19 heavy (non-hydrogen) atoms. The van der Waals surface area contributed by atoms with Crippen molar-refractivity contribution in [3.05, 3.63) is 0 Å². The van der Waals surface area contributed by atoms with E-state index in [0.717, 1.165) is 25.8 Å². The summed E-state index contributed by atoms with van der Waals surface area (Å²) in [5.74, 6) is -0.0226. The number of piperidine rings is 1. The number of likely N-dealkylation sites (tertiary alicyclic amines) is 1. The smallest absolute Gasteiger partial charge is 0.225 e. The molecule has 2 N–H and O–H groups in total. The minimum absolute atomic E-state index is 0.0213. The number of rotatable bonds is 4. The van der Waals surface area contributed by atoms with Crippen LogP contribution in [0.25, 0.3) is 0 Å². The molecule has 1 aliphatic rings. The predicted octanol–water partition coefficient (Wildman–Crippen LogP) is 0.912. The van der Waals surface area contributed by atoms with Crippen molar-refractivity contribution in [3.8, 4) is 0 Å². The van der Waals surface area contributed by atoms with E-state index >= 15 is 0 Å². The lowest BCUT2D eigenvalue weighted by Crippen LogP contribution is -2.46. The van der Waals surface area contributed by atoms with Crippen molar-refractivity contribution in [2.45, 2.75) is 52.5 Å². The molecule has 0 aliphatic carbocycles. The van der Waals surface area contributed by atoms with Gasteiger partial charge in [-0.2, -0.15) is 0 Å². The summed E-state index contributed by atoms with van der Waals surface area (Å²) in [7, 11) is 0. The number of hydrogen-bond acceptors (Lipinski definition) is 3. The summed E-state index contributed by atoms with van der Waals surface area (Å²) < 4.78 is 0. The van der Waals surface area contributed by atoms with Crippen molar-refractivity contribution in [3.63, 3.8) is 0 Å². The van der Waals surface area contributed by atoms with Crippen LogP contribution in [0.2, 0.25) is 0 Å². The van der Waals surface area contributed by atoms with Crippen LogP contribution >= 0.6 is 0 Å². The molecule has 1 aliphatic heterocycles. The summed E-state index contributed by atoms with van der Waals surface area (Å²) in [6, 6.07) is -0.0421. The standard InChI is InChI=1S/C14H26N2O3/c1-14(2,3)13(19)15-8-7-12(18)16-9-5-4-6-11(16)10-17/h11,17H,4-10H2,1-3H3,(H,15,19).